The van der Waals surface area contributed by atoms with Crippen molar-refractivity contribution in [2.24, 2.45) is 0 Å². The SMILES string of the molecule is CC(C)c1cc(O)cc2sn(CCl)c(=O)c12. The third-order valence-corrected chi connectivity index (χ3v) is 3.91. The Kier molecular flexibility index (Phi) is 2.95. The standard InChI is InChI=1S/C11H12ClNO2S/c1-6(2)8-3-7(14)4-9-10(8)11(15)13(5-12)16-9/h3-4,6,14H,5H2,1-2H3. The molecule has 0 saturated carbocycles. The highest BCUT2D eigenvalue weighted by molar-refractivity contribution is 7.14. The van der Waals surface area contributed by atoms with Crippen LogP contribution in [0.15, 0.2) is 16.9 Å². The van der Waals surface area contributed by atoms with Crippen molar-refractivity contribution in [3.63, 3.8) is 0 Å². The Labute approximate surface area is 102 Å². The highest BCUT2D eigenvalue weighted by atomic mass is 35.5. The van der Waals surface area contributed by atoms with Gasteiger partial charge in [-0.1, -0.05) is 25.4 Å². The first kappa shape index (κ1) is 11.5. The molecule has 0 aliphatic rings. The second-order valence-electron chi connectivity index (χ2n) is 3.96. The van der Waals surface area contributed by atoms with E-state index >= 15 is 0 Å². The van der Waals surface area contributed by atoms with Gasteiger partial charge in [-0.05, 0) is 23.6 Å². The number of rotatable bonds is 2. The van der Waals surface area contributed by atoms with Crippen molar-refractivity contribution in [3.05, 3.63) is 28.0 Å². The minimum Gasteiger partial charge on any atom is -0.508 e. The van der Waals surface area contributed by atoms with Crippen LogP contribution in [0, 0.1) is 0 Å². The van der Waals surface area contributed by atoms with Crippen LogP contribution in [0.2, 0.25) is 0 Å². The first-order valence-electron chi connectivity index (χ1n) is 4.97. The molecule has 1 aromatic heterocycles. The zero-order chi connectivity index (χ0) is 11.9. The summed E-state index contributed by atoms with van der Waals surface area (Å²) in [7, 11) is 0. The third kappa shape index (κ3) is 1.72. The Bertz CT molecular complexity index is 585. The minimum absolute atomic E-state index is 0.0706. The smallest absolute Gasteiger partial charge is 0.269 e. The van der Waals surface area contributed by atoms with Gasteiger partial charge in [0.25, 0.3) is 5.56 Å². The number of alkyl halides is 1. The lowest BCUT2D eigenvalue weighted by atomic mass is 9.99. The summed E-state index contributed by atoms with van der Waals surface area (Å²) in [4.78, 5) is 12.0. The van der Waals surface area contributed by atoms with Crippen LogP contribution in [0.1, 0.15) is 25.3 Å². The van der Waals surface area contributed by atoms with Crippen LogP contribution in [0.3, 0.4) is 0 Å². The zero-order valence-corrected chi connectivity index (χ0v) is 10.6. The Morgan fingerprint density at radius 3 is 2.75 bits per heavy atom. The molecule has 0 fully saturated rings. The highest BCUT2D eigenvalue weighted by Gasteiger charge is 2.14. The molecule has 0 aliphatic heterocycles. The van der Waals surface area contributed by atoms with Crippen molar-refractivity contribution in [2.45, 2.75) is 25.8 Å². The van der Waals surface area contributed by atoms with Crippen LogP contribution in [-0.2, 0) is 6.00 Å². The molecule has 5 heteroatoms. The monoisotopic (exact) mass is 257 g/mol. The number of hydrogen-bond acceptors (Lipinski definition) is 3. The van der Waals surface area contributed by atoms with Gasteiger partial charge in [0.05, 0.1) is 10.1 Å². The predicted octanol–water partition coefficient (Wildman–Crippen LogP) is 3.09. The lowest BCUT2D eigenvalue weighted by Gasteiger charge is -2.06. The van der Waals surface area contributed by atoms with E-state index in [1.807, 2.05) is 13.8 Å². The number of aromatic nitrogens is 1. The van der Waals surface area contributed by atoms with Crippen LogP contribution < -0.4 is 5.56 Å². The average Bonchev–Trinajstić information content (AvgIpc) is 2.54. The summed E-state index contributed by atoms with van der Waals surface area (Å²) in [5.41, 5.74) is 0.804. The topological polar surface area (TPSA) is 42.2 Å². The maximum absolute atomic E-state index is 12.0. The van der Waals surface area contributed by atoms with Crippen LogP contribution in [0.25, 0.3) is 10.1 Å². The lowest BCUT2D eigenvalue weighted by Crippen LogP contribution is -2.11. The van der Waals surface area contributed by atoms with Gasteiger partial charge in [-0.25, -0.2) is 3.96 Å². The fourth-order valence-corrected chi connectivity index (χ4v) is 2.93. The molecule has 0 radical (unpaired) electrons. The van der Waals surface area contributed by atoms with E-state index in [0.717, 1.165) is 10.3 Å². The van der Waals surface area contributed by atoms with Gasteiger partial charge in [0.1, 0.15) is 11.8 Å². The van der Waals surface area contributed by atoms with E-state index in [2.05, 4.69) is 0 Å². The molecule has 0 saturated heterocycles. The average molecular weight is 258 g/mol. The van der Waals surface area contributed by atoms with Gasteiger partial charge in [-0.2, -0.15) is 0 Å². The van der Waals surface area contributed by atoms with Gasteiger partial charge in [0.15, 0.2) is 0 Å². The molecule has 1 aromatic carbocycles. The van der Waals surface area contributed by atoms with Gasteiger partial charge in [-0.3, -0.25) is 4.79 Å². The molecule has 0 bridgehead atoms. The second kappa shape index (κ2) is 4.11. The molecule has 86 valence electrons. The molecule has 0 amide bonds. The molecule has 3 nitrogen and oxygen atoms in total. The molecular formula is C11H12ClNO2S. The number of hydrogen-bond donors (Lipinski definition) is 1. The number of aromatic hydroxyl groups is 1. The molecule has 16 heavy (non-hydrogen) atoms. The maximum atomic E-state index is 12.0. The van der Waals surface area contributed by atoms with Gasteiger partial charge >= 0.3 is 0 Å². The van der Waals surface area contributed by atoms with E-state index in [9.17, 15) is 9.90 Å². The number of halogens is 1. The number of fused-ring (bicyclic) bond motifs is 1. The lowest BCUT2D eigenvalue weighted by molar-refractivity contribution is 0.475. The van der Waals surface area contributed by atoms with E-state index < -0.39 is 0 Å². The molecule has 0 atom stereocenters. The van der Waals surface area contributed by atoms with E-state index in [1.54, 1.807) is 12.1 Å². The summed E-state index contributed by atoms with van der Waals surface area (Å²) in [5.74, 6) is 0.389. The second-order valence-corrected chi connectivity index (χ2v) is 5.26. The molecule has 0 spiro atoms. The quantitative estimate of drug-likeness (QED) is 0.840. The van der Waals surface area contributed by atoms with Crippen molar-refractivity contribution >= 4 is 33.2 Å². The van der Waals surface area contributed by atoms with Crippen LogP contribution in [0.4, 0.5) is 0 Å². The van der Waals surface area contributed by atoms with Gasteiger partial charge in [-0.15, -0.1) is 11.6 Å². The summed E-state index contributed by atoms with van der Waals surface area (Å²) in [6, 6.07) is 3.41. The van der Waals surface area contributed by atoms with E-state index in [0.29, 0.717) is 5.39 Å². The molecule has 2 aromatic rings. The van der Waals surface area contributed by atoms with Crippen molar-refractivity contribution in [1.29, 1.82) is 0 Å². The highest BCUT2D eigenvalue weighted by Crippen LogP contribution is 2.30. The first-order chi connectivity index (χ1) is 7.54. The third-order valence-electron chi connectivity index (χ3n) is 2.50. The Hall–Kier alpha value is -1.00. The zero-order valence-electron chi connectivity index (χ0n) is 9.03. The molecule has 1 N–H and O–H groups in total. The summed E-state index contributed by atoms with van der Waals surface area (Å²) in [6.07, 6.45) is 0. The number of phenolic OH excluding ortho intramolecular Hbond substituents is 1. The fourth-order valence-electron chi connectivity index (χ4n) is 1.74. The molecule has 1 heterocycles. The first-order valence-corrected chi connectivity index (χ1v) is 6.28. The fraction of sp³-hybridized carbons (Fsp3) is 0.364. The van der Waals surface area contributed by atoms with Crippen molar-refractivity contribution in [2.75, 3.05) is 0 Å². The van der Waals surface area contributed by atoms with Gasteiger partial charge < -0.3 is 5.11 Å². The maximum Gasteiger partial charge on any atom is 0.269 e. The summed E-state index contributed by atoms with van der Waals surface area (Å²) in [6.45, 7) is 3.99. The number of benzene rings is 1. The Morgan fingerprint density at radius 1 is 1.50 bits per heavy atom. The Morgan fingerprint density at radius 2 is 2.19 bits per heavy atom. The largest absolute Gasteiger partial charge is 0.508 e. The van der Waals surface area contributed by atoms with Crippen LogP contribution in [-0.4, -0.2) is 9.06 Å². The molecule has 0 unspecified atom stereocenters. The van der Waals surface area contributed by atoms with Crippen molar-refractivity contribution in [3.8, 4) is 5.75 Å². The van der Waals surface area contributed by atoms with Crippen LogP contribution >= 0.6 is 23.1 Å². The molecule has 0 aliphatic carbocycles. The minimum atomic E-state index is -0.0706. The van der Waals surface area contributed by atoms with Gasteiger partial charge in [0.2, 0.25) is 0 Å². The normalized spacial score (nSPS) is 11.5. The van der Waals surface area contributed by atoms with Crippen LogP contribution in [0.5, 0.6) is 5.75 Å². The number of phenols is 1. The summed E-state index contributed by atoms with van der Waals surface area (Å²) >= 11 is 6.97. The van der Waals surface area contributed by atoms with E-state index in [-0.39, 0.29) is 23.2 Å². The summed E-state index contributed by atoms with van der Waals surface area (Å²) in [5, 5.41) is 10.3. The Balaban J connectivity index is 2.89. The van der Waals surface area contributed by atoms with E-state index in [1.165, 1.54) is 15.5 Å². The summed E-state index contributed by atoms with van der Waals surface area (Å²) < 4.78 is 2.27. The number of nitrogens with zero attached hydrogens (tertiary/aromatic N) is 1. The van der Waals surface area contributed by atoms with Crippen molar-refractivity contribution in [1.82, 2.24) is 3.96 Å². The predicted molar refractivity (Wildman–Crippen MR) is 67.7 cm³/mol. The van der Waals surface area contributed by atoms with Gasteiger partial charge in [0, 0.05) is 0 Å². The van der Waals surface area contributed by atoms with E-state index in [4.69, 9.17) is 11.6 Å². The molecular weight excluding hydrogens is 246 g/mol. The molecule has 2 rings (SSSR count). The van der Waals surface area contributed by atoms with Crippen molar-refractivity contribution < 1.29 is 5.11 Å².